The first-order valence-corrected chi connectivity index (χ1v) is 6.53. The van der Waals surface area contributed by atoms with Gasteiger partial charge in [0.25, 0.3) is 0 Å². The van der Waals surface area contributed by atoms with Crippen LogP contribution in [0.3, 0.4) is 0 Å². The van der Waals surface area contributed by atoms with Gasteiger partial charge in [0.15, 0.2) is 0 Å². The largest absolute Gasteiger partial charge is 0.573 e. The highest BCUT2D eigenvalue weighted by molar-refractivity contribution is 5.50. The number of benzene rings is 1. The zero-order valence-corrected chi connectivity index (χ0v) is 12.8. The Labute approximate surface area is 125 Å². The van der Waals surface area contributed by atoms with Gasteiger partial charge in [-0.2, -0.15) is 0 Å². The molecule has 0 aliphatic rings. The average molecular weight is 301 g/mol. The molecule has 0 bridgehead atoms. The van der Waals surface area contributed by atoms with E-state index in [0.717, 1.165) is 17.8 Å². The molecule has 0 saturated carbocycles. The Balaban J connectivity index is 0. The van der Waals surface area contributed by atoms with Crippen molar-refractivity contribution < 1.29 is 17.9 Å². The van der Waals surface area contributed by atoms with Gasteiger partial charge in [-0.05, 0) is 37.6 Å². The van der Waals surface area contributed by atoms with Gasteiger partial charge in [0.2, 0.25) is 0 Å². The zero-order valence-electron chi connectivity index (χ0n) is 12.8. The van der Waals surface area contributed by atoms with Gasteiger partial charge in [0, 0.05) is 11.4 Å². The van der Waals surface area contributed by atoms with Gasteiger partial charge in [-0.3, -0.25) is 0 Å². The van der Waals surface area contributed by atoms with E-state index in [1.54, 1.807) is 0 Å². The number of allylic oxidation sites excluding steroid dienone is 2. The highest BCUT2D eigenvalue weighted by Gasteiger charge is 2.30. The van der Waals surface area contributed by atoms with E-state index in [2.05, 4.69) is 22.9 Å². The molecule has 1 N–H and O–H groups in total. The van der Waals surface area contributed by atoms with Gasteiger partial charge in [-0.25, -0.2) is 0 Å². The second-order valence-corrected chi connectivity index (χ2v) is 3.49. The van der Waals surface area contributed by atoms with Gasteiger partial charge in [-0.1, -0.05) is 26.8 Å². The molecule has 2 nitrogen and oxygen atoms in total. The van der Waals surface area contributed by atoms with Crippen LogP contribution in [0.25, 0.3) is 0 Å². The number of hydrogen-bond acceptors (Lipinski definition) is 2. The Morgan fingerprint density at radius 2 is 1.67 bits per heavy atom. The van der Waals surface area contributed by atoms with E-state index in [4.69, 9.17) is 0 Å². The summed E-state index contributed by atoms with van der Waals surface area (Å²) in [5.41, 5.74) is 1.68. The Hall–Kier alpha value is -2.09. The first-order chi connectivity index (χ1) is 9.90. The zero-order chi connectivity index (χ0) is 16.9. The van der Waals surface area contributed by atoms with Gasteiger partial charge in [0.1, 0.15) is 5.75 Å². The molecule has 0 aliphatic carbocycles. The lowest BCUT2D eigenvalue weighted by Gasteiger charge is -2.10. The Morgan fingerprint density at radius 3 is 2.05 bits per heavy atom. The number of ether oxygens (including phenoxy) is 1. The Morgan fingerprint density at radius 1 is 1.19 bits per heavy atom. The topological polar surface area (TPSA) is 21.3 Å². The minimum absolute atomic E-state index is 0.222. The molecule has 0 heterocycles. The van der Waals surface area contributed by atoms with Crippen LogP contribution in [-0.4, -0.2) is 6.36 Å². The number of alkyl halides is 3. The number of terminal acetylenes is 1. The first kappa shape index (κ1) is 21.2. The normalized spacial score (nSPS) is 10.4. The fourth-order valence-corrected chi connectivity index (χ4v) is 1.32. The van der Waals surface area contributed by atoms with Crippen LogP contribution < -0.4 is 10.1 Å². The third-order valence-electron chi connectivity index (χ3n) is 1.94. The molecule has 0 aliphatic heterocycles. The van der Waals surface area contributed by atoms with E-state index in [1.807, 2.05) is 33.8 Å². The molecule has 0 unspecified atom stereocenters. The fraction of sp³-hybridized carbons (Fsp3) is 0.375. The molecule has 118 valence electrons. The van der Waals surface area contributed by atoms with E-state index < -0.39 is 6.36 Å². The van der Waals surface area contributed by atoms with Crippen LogP contribution in [0.15, 0.2) is 36.0 Å². The van der Waals surface area contributed by atoms with Gasteiger partial charge in [0.05, 0.1) is 0 Å². The maximum atomic E-state index is 11.9. The molecule has 0 radical (unpaired) electrons. The van der Waals surface area contributed by atoms with Crippen molar-refractivity contribution >= 4 is 5.69 Å². The second kappa shape index (κ2) is 11.7. The van der Waals surface area contributed by atoms with Crippen LogP contribution in [0, 0.1) is 12.8 Å². The van der Waals surface area contributed by atoms with Crippen LogP contribution in [0.1, 0.15) is 34.1 Å². The highest BCUT2D eigenvalue weighted by atomic mass is 19.4. The summed E-state index contributed by atoms with van der Waals surface area (Å²) in [5, 5.41) is 3.06. The molecular weight excluding hydrogens is 279 g/mol. The molecular formula is C16H22F3NO. The van der Waals surface area contributed by atoms with Crippen molar-refractivity contribution in [2.24, 2.45) is 0 Å². The maximum Gasteiger partial charge on any atom is 0.573 e. The summed E-state index contributed by atoms with van der Waals surface area (Å²) in [6.07, 6.45) is 6.24. The summed E-state index contributed by atoms with van der Waals surface area (Å²) in [4.78, 5) is 0. The average Bonchev–Trinajstić information content (AvgIpc) is 2.44. The number of rotatable bonds is 4. The maximum absolute atomic E-state index is 11.9. The van der Waals surface area contributed by atoms with Crippen LogP contribution in [0.4, 0.5) is 18.9 Å². The molecule has 5 heteroatoms. The summed E-state index contributed by atoms with van der Waals surface area (Å²) in [6.45, 7) is 7.90. The van der Waals surface area contributed by atoms with Gasteiger partial charge >= 0.3 is 6.36 Å². The number of hydrogen-bond donors (Lipinski definition) is 1. The Bertz CT molecular complexity index is 419. The lowest BCUT2D eigenvalue weighted by Crippen LogP contribution is -2.17. The molecule has 1 rings (SSSR count). The second-order valence-electron chi connectivity index (χ2n) is 3.49. The van der Waals surface area contributed by atoms with Crippen LogP contribution in [0.2, 0.25) is 0 Å². The molecule has 21 heavy (non-hydrogen) atoms. The van der Waals surface area contributed by atoms with Crippen molar-refractivity contribution in [1.82, 2.24) is 0 Å². The summed E-state index contributed by atoms with van der Waals surface area (Å²) in [5.74, 6) is -0.222. The van der Waals surface area contributed by atoms with Crippen molar-refractivity contribution in [2.45, 2.75) is 40.5 Å². The van der Waals surface area contributed by atoms with Crippen molar-refractivity contribution in [2.75, 3.05) is 5.32 Å². The summed E-state index contributed by atoms with van der Waals surface area (Å²) < 4.78 is 39.5. The molecule has 1 aromatic rings. The van der Waals surface area contributed by atoms with E-state index in [0.29, 0.717) is 0 Å². The molecule has 1 aromatic carbocycles. The molecule has 0 spiro atoms. The molecule has 0 saturated heterocycles. The summed E-state index contributed by atoms with van der Waals surface area (Å²) >= 11 is 0. The van der Waals surface area contributed by atoms with Crippen LogP contribution in [0.5, 0.6) is 5.75 Å². The molecule has 0 amide bonds. The van der Waals surface area contributed by atoms with Crippen molar-refractivity contribution in [3.8, 4) is 18.6 Å². The van der Waals surface area contributed by atoms with Gasteiger partial charge < -0.3 is 10.1 Å². The van der Waals surface area contributed by atoms with E-state index in [-0.39, 0.29) is 5.75 Å². The van der Waals surface area contributed by atoms with Crippen LogP contribution >= 0.6 is 0 Å². The minimum atomic E-state index is -4.65. The number of nitrogens with one attached hydrogen (secondary N) is 1. The Kier molecular flexibility index (Phi) is 11.8. The molecule has 0 fully saturated rings. The van der Waals surface area contributed by atoms with Gasteiger partial charge in [-0.15, -0.1) is 26.0 Å². The SMILES string of the molecule is C#C.CC.CC/C=C(/C)Nc1ccc(OC(F)(F)F)cc1. The predicted molar refractivity (Wildman–Crippen MR) is 82.0 cm³/mol. The highest BCUT2D eigenvalue weighted by Crippen LogP contribution is 2.24. The summed E-state index contributed by atoms with van der Waals surface area (Å²) in [7, 11) is 0. The first-order valence-electron chi connectivity index (χ1n) is 6.53. The fourth-order valence-electron chi connectivity index (χ4n) is 1.32. The third-order valence-corrected chi connectivity index (χ3v) is 1.94. The van der Waals surface area contributed by atoms with E-state index >= 15 is 0 Å². The third kappa shape index (κ3) is 11.4. The quantitative estimate of drug-likeness (QED) is 0.732. The summed E-state index contributed by atoms with van der Waals surface area (Å²) in [6, 6.07) is 5.62. The molecule has 0 aromatic heterocycles. The minimum Gasteiger partial charge on any atom is -0.406 e. The lowest BCUT2D eigenvalue weighted by atomic mass is 10.3. The number of anilines is 1. The van der Waals surface area contributed by atoms with E-state index in [1.165, 1.54) is 24.3 Å². The van der Waals surface area contributed by atoms with Crippen molar-refractivity contribution in [3.63, 3.8) is 0 Å². The van der Waals surface area contributed by atoms with Crippen molar-refractivity contribution in [3.05, 3.63) is 36.0 Å². The van der Waals surface area contributed by atoms with Crippen LogP contribution in [-0.2, 0) is 0 Å². The van der Waals surface area contributed by atoms with Crippen molar-refractivity contribution in [1.29, 1.82) is 0 Å². The smallest absolute Gasteiger partial charge is 0.406 e. The van der Waals surface area contributed by atoms with E-state index in [9.17, 15) is 13.2 Å². The lowest BCUT2D eigenvalue weighted by molar-refractivity contribution is -0.274. The number of halogens is 3. The molecule has 0 atom stereocenters. The predicted octanol–water partition coefficient (Wildman–Crippen LogP) is 5.59. The monoisotopic (exact) mass is 301 g/mol. The standard InChI is InChI=1S/C12H14F3NO.C2H6.C2H2/c1-3-4-9(2)16-10-5-7-11(8-6-10)17-12(13,14)15;2*1-2/h4-8,16H,3H2,1-2H3;1-2H3;1-2H/b9-4-;;.